The average Bonchev–Trinajstić information content (AvgIpc) is 2.80. The van der Waals surface area contributed by atoms with Gasteiger partial charge in [0.05, 0.1) is 6.54 Å². The van der Waals surface area contributed by atoms with Crippen LogP contribution in [-0.2, 0) is 17.8 Å². The third kappa shape index (κ3) is 4.44. The Morgan fingerprint density at radius 2 is 2.32 bits per heavy atom. The Bertz CT molecular complexity index is 568. The molecular formula is C14H15FN2OS. The molecule has 0 aliphatic heterocycles. The Morgan fingerprint density at radius 3 is 3.00 bits per heavy atom. The Hall–Kier alpha value is -1.75. The molecule has 1 heterocycles. The zero-order valence-corrected chi connectivity index (χ0v) is 11.5. The molecular weight excluding hydrogens is 263 g/mol. The zero-order valence-electron chi connectivity index (χ0n) is 10.6. The summed E-state index contributed by atoms with van der Waals surface area (Å²) in [5, 5.41) is 5.66. The number of hydrogen-bond acceptors (Lipinski definition) is 3. The Morgan fingerprint density at radius 1 is 1.47 bits per heavy atom. The molecule has 1 aromatic heterocycles. The van der Waals surface area contributed by atoms with Crippen molar-refractivity contribution in [3.63, 3.8) is 0 Å². The molecule has 1 aromatic carbocycles. The maximum atomic E-state index is 13.0. The van der Waals surface area contributed by atoms with Gasteiger partial charge in [-0.1, -0.05) is 12.1 Å². The zero-order chi connectivity index (χ0) is 13.7. The fourth-order valence-corrected chi connectivity index (χ4v) is 2.41. The Balaban J connectivity index is 1.75. The standard InChI is InChI=1S/C14H15FN2OS/c1-10-9-19-14(17-10)8-16-13(18)6-5-11-3-2-4-12(15)7-11/h2-4,7,9H,5-6,8H2,1H3,(H,16,18). The number of nitrogens with one attached hydrogen (secondary N) is 1. The monoisotopic (exact) mass is 278 g/mol. The minimum absolute atomic E-state index is 0.0443. The number of aromatic nitrogens is 1. The number of amides is 1. The third-order valence-corrected chi connectivity index (χ3v) is 3.60. The molecule has 3 nitrogen and oxygen atoms in total. The molecule has 100 valence electrons. The molecule has 0 aliphatic carbocycles. The molecule has 0 saturated carbocycles. The SMILES string of the molecule is Cc1csc(CNC(=O)CCc2cccc(F)c2)n1. The molecule has 2 rings (SSSR count). The first-order valence-corrected chi connectivity index (χ1v) is 6.93. The third-order valence-electron chi connectivity index (χ3n) is 2.63. The van der Waals surface area contributed by atoms with E-state index in [1.54, 1.807) is 6.07 Å². The quantitative estimate of drug-likeness (QED) is 0.913. The number of halogens is 1. The second kappa shape index (κ2) is 6.43. The summed E-state index contributed by atoms with van der Waals surface area (Å²) in [5.74, 6) is -0.312. The van der Waals surface area contributed by atoms with Crippen molar-refractivity contribution in [1.29, 1.82) is 0 Å². The summed E-state index contributed by atoms with van der Waals surface area (Å²) in [4.78, 5) is 15.9. The van der Waals surface area contributed by atoms with Crippen LogP contribution in [0.5, 0.6) is 0 Å². The van der Waals surface area contributed by atoms with Crippen molar-refractivity contribution in [1.82, 2.24) is 10.3 Å². The lowest BCUT2D eigenvalue weighted by Crippen LogP contribution is -2.22. The normalized spacial score (nSPS) is 10.4. The van der Waals surface area contributed by atoms with Gasteiger partial charge in [0.2, 0.25) is 5.91 Å². The van der Waals surface area contributed by atoms with Crippen molar-refractivity contribution >= 4 is 17.2 Å². The highest BCUT2D eigenvalue weighted by Gasteiger charge is 2.04. The van der Waals surface area contributed by atoms with Crippen LogP contribution in [0.2, 0.25) is 0 Å². The first-order chi connectivity index (χ1) is 9.13. The van der Waals surface area contributed by atoms with Crippen molar-refractivity contribution in [2.75, 3.05) is 0 Å². The number of thiazole rings is 1. The predicted octanol–water partition coefficient (Wildman–Crippen LogP) is 2.84. The molecule has 0 spiro atoms. The van der Waals surface area contributed by atoms with Gasteiger partial charge in [-0.15, -0.1) is 11.3 Å². The van der Waals surface area contributed by atoms with Crippen LogP contribution in [-0.4, -0.2) is 10.9 Å². The number of hydrogen-bond donors (Lipinski definition) is 1. The van der Waals surface area contributed by atoms with Crippen molar-refractivity contribution in [2.24, 2.45) is 0 Å². The van der Waals surface area contributed by atoms with Gasteiger partial charge in [-0.3, -0.25) is 4.79 Å². The van der Waals surface area contributed by atoms with E-state index >= 15 is 0 Å². The van der Waals surface area contributed by atoms with E-state index in [-0.39, 0.29) is 11.7 Å². The van der Waals surface area contributed by atoms with Crippen molar-refractivity contribution < 1.29 is 9.18 Å². The van der Waals surface area contributed by atoms with Gasteiger partial charge in [0, 0.05) is 17.5 Å². The number of carbonyl (C=O) groups is 1. The van der Waals surface area contributed by atoms with Gasteiger partial charge in [0.25, 0.3) is 0 Å². The fraction of sp³-hybridized carbons (Fsp3) is 0.286. The summed E-state index contributed by atoms with van der Waals surface area (Å²) in [5.41, 5.74) is 1.80. The second-order valence-corrected chi connectivity index (χ2v) is 5.23. The van der Waals surface area contributed by atoms with E-state index in [4.69, 9.17) is 0 Å². The summed E-state index contributed by atoms with van der Waals surface area (Å²) in [6.45, 7) is 2.38. The van der Waals surface area contributed by atoms with Gasteiger partial charge in [0.15, 0.2) is 0 Å². The molecule has 0 atom stereocenters. The molecule has 19 heavy (non-hydrogen) atoms. The van der Waals surface area contributed by atoms with Gasteiger partial charge >= 0.3 is 0 Å². The maximum absolute atomic E-state index is 13.0. The van der Waals surface area contributed by atoms with E-state index < -0.39 is 0 Å². The molecule has 0 aliphatic rings. The molecule has 1 N–H and O–H groups in total. The summed E-state index contributed by atoms with van der Waals surface area (Å²) in [6.07, 6.45) is 0.897. The largest absolute Gasteiger partial charge is 0.350 e. The number of carbonyl (C=O) groups excluding carboxylic acids is 1. The lowest BCUT2D eigenvalue weighted by molar-refractivity contribution is -0.121. The topological polar surface area (TPSA) is 42.0 Å². The van der Waals surface area contributed by atoms with Gasteiger partial charge in [-0.05, 0) is 31.0 Å². The summed E-state index contributed by atoms with van der Waals surface area (Å²) in [6, 6.07) is 6.33. The molecule has 0 radical (unpaired) electrons. The Kier molecular flexibility index (Phi) is 4.63. The highest BCUT2D eigenvalue weighted by atomic mass is 32.1. The summed E-state index contributed by atoms with van der Waals surface area (Å²) >= 11 is 1.53. The number of aryl methyl sites for hydroxylation is 2. The molecule has 5 heteroatoms. The first kappa shape index (κ1) is 13.7. The predicted molar refractivity (Wildman–Crippen MR) is 73.4 cm³/mol. The van der Waals surface area contributed by atoms with Crippen molar-refractivity contribution in [3.05, 3.63) is 51.7 Å². The molecule has 0 unspecified atom stereocenters. The van der Waals surface area contributed by atoms with E-state index in [9.17, 15) is 9.18 Å². The van der Waals surface area contributed by atoms with Crippen LogP contribution >= 0.6 is 11.3 Å². The van der Waals surface area contributed by atoms with Crippen LogP contribution in [0.15, 0.2) is 29.6 Å². The smallest absolute Gasteiger partial charge is 0.220 e. The van der Waals surface area contributed by atoms with Crippen molar-refractivity contribution in [3.8, 4) is 0 Å². The van der Waals surface area contributed by atoms with Crippen LogP contribution < -0.4 is 5.32 Å². The number of rotatable bonds is 5. The average molecular weight is 278 g/mol. The summed E-state index contributed by atoms with van der Waals surface area (Å²) in [7, 11) is 0. The maximum Gasteiger partial charge on any atom is 0.220 e. The van der Waals surface area contributed by atoms with Crippen LogP contribution in [0.1, 0.15) is 22.7 Å². The molecule has 2 aromatic rings. The molecule has 0 fully saturated rings. The minimum atomic E-state index is -0.267. The highest BCUT2D eigenvalue weighted by Crippen LogP contribution is 2.09. The van der Waals surface area contributed by atoms with E-state index in [1.165, 1.54) is 23.5 Å². The van der Waals surface area contributed by atoms with Crippen LogP contribution in [0, 0.1) is 12.7 Å². The highest BCUT2D eigenvalue weighted by molar-refractivity contribution is 7.09. The van der Waals surface area contributed by atoms with E-state index in [1.807, 2.05) is 18.4 Å². The molecule has 0 bridgehead atoms. The van der Waals surface area contributed by atoms with Crippen LogP contribution in [0.4, 0.5) is 4.39 Å². The number of benzene rings is 1. The first-order valence-electron chi connectivity index (χ1n) is 6.05. The van der Waals surface area contributed by atoms with E-state index in [0.29, 0.717) is 19.4 Å². The van der Waals surface area contributed by atoms with Gasteiger partial charge in [-0.2, -0.15) is 0 Å². The molecule has 0 saturated heterocycles. The van der Waals surface area contributed by atoms with Crippen LogP contribution in [0.25, 0.3) is 0 Å². The minimum Gasteiger partial charge on any atom is -0.350 e. The van der Waals surface area contributed by atoms with Gasteiger partial charge in [-0.25, -0.2) is 9.37 Å². The second-order valence-electron chi connectivity index (χ2n) is 4.29. The lowest BCUT2D eigenvalue weighted by atomic mass is 10.1. The summed E-state index contributed by atoms with van der Waals surface area (Å²) < 4.78 is 13.0. The van der Waals surface area contributed by atoms with Gasteiger partial charge in [0.1, 0.15) is 10.8 Å². The van der Waals surface area contributed by atoms with Crippen molar-refractivity contribution in [2.45, 2.75) is 26.3 Å². The van der Waals surface area contributed by atoms with E-state index in [2.05, 4.69) is 10.3 Å². The number of nitrogens with zero attached hydrogens (tertiary/aromatic N) is 1. The fourth-order valence-electron chi connectivity index (χ4n) is 1.70. The van der Waals surface area contributed by atoms with Gasteiger partial charge < -0.3 is 5.32 Å². The van der Waals surface area contributed by atoms with E-state index in [0.717, 1.165) is 16.3 Å². The Labute approximate surface area is 115 Å². The van der Waals surface area contributed by atoms with Crippen LogP contribution in [0.3, 0.4) is 0 Å². The lowest BCUT2D eigenvalue weighted by Gasteiger charge is -2.03. The molecule has 1 amide bonds.